The molecule has 0 radical (unpaired) electrons. The number of halogens is 2. The Kier molecular flexibility index (Phi) is 5.03. The lowest BCUT2D eigenvalue weighted by Crippen LogP contribution is -2.16. The van der Waals surface area contributed by atoms with Crippen LogP contribution in [0.25, 0.3) is 0 Å². The second-order valence-electron chi connectivity index (χ2n) is 5.12. The zero-order valence-electron chi connectivity index (χ0n) is 11.5. The monoisotopic (exact) mass is 414 g/mol. The molecule has 0 unspecified atom stereocenters. The van der Waals surface area contributed by atoms with Crippen molar-refractivity contribution in [2.75, 3.05) is 13.2 Å². The van der Waals surface area contributed by atoms with Crippen LogP contribution < -0.4 is 4.74 Å². The summed E-state index contributed by atoms with van der Waals surface area (Å²) < 4.78 is 12.6. The summed E-state index contributed by atoms with van der Waals surface area (Å²) in [6, 6.07) is 14.3. The third-order valence-corrected chi connectivity index (χ3v) is 4.58. The molecule has 0 N–H and O–H groups in total. The van der Waals surface area contributed by atoms with E-state index in [2.05, 4.69) is 34.7 Å². The average Bonchev–Trinajstić information content (AvgIpc) is 2.98. The van der Waals surface area contributed by atoms with Gasteiger partial charge in [0, 0.05) is 21.4 Å². The molecule has 0 amide bonds. The molecule has 0 saturated carbocycles. The standard InChI is InChI=1S/C17H16ClIO2/c18-16-6-5-14(19)10-13(16)9-12-3-1-2-4-17(12)21-15-7-8-20-11-15/h1-6,10,15H,7-9,11H2/t15-/m0/s1. The molecule has 0 aromatic heterocycles. The number of hydrogen-bond acceptors (Lipinski definition) is 2. The highest BCUT2D eigenvalue weighted by atomic mass is 127. The van der Waals surface area contributed by atoms with Gasteiger partial charge in [0.1, 0.15) is 11.9 Å². The van der Waals surface area contributed by atoms with E-state index in [1.54, 1.807) is 0 Å². The van der Waals surface area contributed by atoms with Gasteiger partial charge in [-0.25, -0.2) is 0 Å². The quantitative estimate of drug-likeness (QED) is 0.675. The zero-order valence-corrected chi connectivity index (χ0v) is 14.4. The lowest BCUT2D eigenvalue weighted by molar-refractivity contribution is 0.140. The Morgan fingerprint density at radius 3 is 2.86 bits per heavy atom. The van der Waals surface area contributed by atoms with Gasteiger partial charge < -0.3 is 9.47 Å². The first-order chi connectivity index (χ1) is 10.2. The van der Waals surface area contributed by atoms with Crippen molar-refractivity contribution in [3.05, 3.63) is 62.2 Å². The summed E-state index contributed by atoms with van der Waals surface area (Å²) in [7, 11) is 0. The molecular weight excluding hydrogens is 399 g/mol. The van der Waals surface area contributed by atoms with E-state index in [0.717, 1.165) is 41.3 Å². The predicted octanol–water partition coefficient (Wildman–Crippen LogP) is 4.70. The molecule has 2 aromatic rings. The Balaban J connectivity index is 1.82. The fourth-order valence-electron chi connectivity index (χ4n) is 2.43. The van der Waals surface area contributed by atoms with Crippen LogP contribution in [0.4, 0.5) is 0 Å². The van der Waals surface area contributed by atoms with E-state index in [1.165, 1.54) is 3.57 Å². The highest BCUT2D eigenvalue weighted by Crippen LogP contribution is 2.28. The van der Waals surface area contributed by atoms with Crippen LogP contribution in [0.2, 0.25) is 5.02 Å². The summed E-state index contributed by atoms with van der Waals surface area (Å²) in [6.07, 6.45) is 1.90. The summed E-state index contributed by atoms with van der Waals surface area (Å²) in [6.45, 7) is 1.47. The minimum atomic E-state index is 0.164. The molecule has 21 heavy (non-hydrogen) atoms. The molecule has 0 aliphatic carbocycles. The maximum atomic E-state index is 6.30. The third-order valence-electron chi connectivity index (χ3n) is 3.54. The second-order valence-corrected chi connectivity index (χ2v) is 6.78. The molecule has 110 valence electrons. The fourth-order valence-corrected chi connectivity index (χ4v) is 3.17. The maximum Gasteiger partial charge on any atom is 0.124 e. The minimum absolute atomic E-state index is 0.164. The van der Waals surface area contributed by atoms with Gasteiger partial charge in [-0.15, -0.1) is 0 Å². The van der Waals surface area contributed by atoms with Crippen LogP contribution in [-0.4, -0.2) is 19.3 Å². The summed E-state index contributed by atoms with van der Waals surface area (Å²) in [5.74, 6) is 0.933. The molecule has 4 heteroatoms. The molecule has 0 spiro atoms. The predicted molar refractivity (Wildman–Crippen MR) is 93.3 cm³/mol. The van der Waals surface area contributed by atoms with Crippen LogP contribution in [0.5, 0.6) is 5.75 Å². The summed E-state index contributed by atoms with van der Waals surface area (Å²) in [5.41, 5.74) is 2.29. The summed E-state index contributed by atoms with van der Waals surface area (Å²) in [4.78, 5) is 0. The first kappa shape index (κ1) is 15.1. The molecule has 1 heterocycles. The van der Waals surface area contributed by atoms with Crippen LogP contribution in [0, 0.1) is 3.57 Å². The van der Waals surface area contributed by atoms with E-state index in [9.17, 15) is 0 Å². The second kappa shape index (κ2) is 6.99. The molecule has 1 saturated heterocycles. The first-order valence-corrected chi connectivity index (χ1v) is 8.44. The summed E-state index contributed by atoms with van der Waals surface area (Å²) in [5, 5.41) is 0.800. The Hall–Kier alpha value is -0.780. The van der Waals surface area contributed by atoms with Crippen LogP contribution in [0.1, 0.15) is 17.5 Å². The normalized spacial score (nSPS) is 17.9. The molecule has 1 fully saturated rings. The van der Waals surface area contributed by atoms with Gasteiger partial charge in [0.05, 0.1) is 13.2 Å². The third kappa shape index (κ3) is 3.90. The van der Waals surface area contributed by atoms with E-state index in [1.807, 2.05) is 30.3 Å². The lowest BCUT2D eigenvalue weighted by atomic mass is 10.0. The smallest absolute Gasteiger partial charge is 0.124 e. The molecule has 2 aromatic carbocycles. The van der Waals surface area contributed by atoms with E-state index in [4.69, 9.17) is 21.1 Å². The fraction of sp³-hybridized carbons (Fsp3) is 0.294. The number of ether oxygens (including phenoxy) is 2. The molecular formula is C17H16ClIO2. The lowest BCUT2D eigenvalue weighted by Gasteiger charge is -2.16. The Labute approximate surface area is 143 Å². The van der Waals surface area contributed by atoms with Gasteiger partial charge in [0.2, 0.25) is 0 Å². The van der Waals surface area contributed by atoms with Gasteiger partial charge in [-0.05, 0) is 58.0 Å². The van der Waals surface area contributed by atoms with Crippen molar-refractivity contribution in [3.8, 4) is 5.75 Å². The van der Waals surface area contributed by atoms with Gasteiger partial charge in [0.25, 0.3) is 0 Å². The van der Waals surface area contributed by atoms with E-state index in [-0.39, 0.29) is 6.10 Å². The topological polar surface area (TPSA) is 18.5 Å². The molecule has 2 nitrogen and oxygen atoms in total. The van der Waals surface area contributed by atoms with Crippen LogP contribution >= 0.6 is 34.2 Å². The van der Waals surface area contributed by atoms with Crippen molar-refractivity contribution in [2.45, 2.75) is 18.9 Å². The zero-order chi connectivity index (χ0) is 14.7. The first-order valence-electron chi connectivity index (χ1n) is 6.98. The largest absolute Gasteiger partial charge is 0.488 e. The number of benzene rings is 2. The molecule has 1 aliphatic rings. The minimum Gasteiger partial charge on any atom is -0.488 e. The number of para-hydroxylation sites is 1. The van der Waals surface area contributed by atoms with Crippen LogP contribution in [-0.2, 0) is 11.2 Å². The number of rotatable bonds is 4. The highest BCUT2D eigenvalue weighted by molar-refractivity contribution is 14.1. The van der Waals surface area contributed by atoms with Crippen molar-refractivity contribution in [3.63, 3.8) is 0 Å². The van der Waals surface area contributed by atoms with Gasteiger partial charge in [-0.3, -0.25) is 0 Å². The maximum absolute atomic E-state index is 6.30. The van der Waals surface area contributed by atoms with Crippen molar-refractivity contribution in [2.24, 2.45) is 0 Å². The van der Waals surface area contributed by atoms with Gasteiger partial charge in [0.15, 0.2) is 0 Å². The van der Waals surface area contributed by atoms with Gasteiger partial charge in [-0.2, -0.15) is 0 Å². The van der Waals surface area contributed by atoms with Crippen molar-refractivity contribution >= 4 is 34.2 Å². The van der Waals surface area contributed by atoms with Crippen LogP contribution in [0.3, 0.4) is 0 Å². The highest BCUT2D eigenvalue weighted by Gasteiger charge is 2.18. The van der Waals surface area contributed by atoms with Gasteiger partial charge >= 0.3 is 0 Å². The Morgan fingerprint density at radius 2 is 2.05 bits per heavy atom. The summed E-state index contributed by atoms with van der Waals surface area (Å²) >= 11 is 8.61. The van der Waals surface area contributed by atoms with Crippen molar-refractivity contribution < 1.29 is 9.47 Å². The Morgan fingerprint density at radius 1 is 1.19 bits per heavy atom. The van der Waals surface area contributed by atoms with Gasteiger partial charge in [-0.1, -0.05) is 29.8 Å². The molecule has 1 aliphatic heterocycles. The van der Waals surface area contributed by atoms with E-state index >= 15 is 0 Å². The van der Waals surface area contributed by atoms with Crippen molar-refractivity contribution in [1.29, 1.82) is 0 Å². The average molecular weight is 415 g/mol. The van der Waals surface area contributed by atoms with Crippen LogP contribution in [0.15, 0.2) is 42.5 Å². The SMILES string of the molecule is Clc1ccc(I)cc1Cc1ccccc1O[C@H]1CCOC1. The van der Waals surface area contributed by atoms with E-state index < -0.39 is 0 Å². The van der Waals surface area contributed by atoms with Crippen molar-refractivity contribution in [1.82, 2.24) is 0 Å². The molecule has 1 atom stereocenters. The Bertz CT molecular complexity index is 624. The molecule has 3 rings (SSSR count). The van der Waals surface area contributed by atoms with E-state index in [0.29, 0.717) is 6.61 Å². The molecule has 0 bridgehead atoms. The number of hydrogen-bond donors (Lipinski definition) is 0.